The number of nitrogens with zero attached hydrogens (tertiary/aromatic N) is 2. The van der Waals surface area contributed by atoms with Gasteiger partial charge in [-0.25, -0.2) is 4.84 Å². The van der Waals surface area contributed by atoms with Gasteiger partial charge < -0.3 is 5.11 Å². The summed E-state index contributed by atoms with van der Waals surface area (Å²) in [5.74, 6) is 0. The van der Waals surface area contributed by atoms with Crippen LogP contribution in [0.15, 0.2) is 0 Å². The Morgan fingerprint density at radius 1 is 1.77 bits per heavy atom. The zero-order chi connectivity index (χ0) is 9.68. The van der Waals surface area contributed by atoms with Gasteiger partial charge in [0.25, 0.3) is 4.98 Å². The topological polar surface area (TPSA) is 64.8 Å². The summed E-state index contributed by atoms with van der Waals surface area (Å²) in [4.78, 5) is 16.1. The first-order valence-electron chi connectivity index (χ1n) is 4.07. The Kier molecular flexibility index (Phi) is 4.20. The fourth-order valence-electron chi connectivity index (χ4n) is 1.24. The Morgan fingerprint density at radius 3 is 3.15 bits per heavy atom. The van der Waals surface area contributed by atoms with Crippen molar-refractivity contribution in [3.8, 4) is 0 Å². The molecule has 1 aliphatic rings. The van der Waals surface area contributed by atoms with E-state index in [2.05, 4.69) is 10.4 Å². The molecule has 13 heavy (non-hydrogen) atoms. The SMILES string of the molecule is O=[N+](NOCCl)N1CCCC(O)C1. The lowest BCUT2D eigenvalue weighted by molar-refractivity contribution is -0.790. The molecule has 1 rings (SSSR count). The van der Waals surface area contributed by atoms with Gasteiger partial charge in [0.05, 0.1) is 17.6 Å². The summed E-state index contributed by atoms with van der Waals surface area (Å²) in [6.45, 7) is 0.932. The number of aliphatic hydroxyl groups is 1. The van der Waals surface area contributed by atoms with Crippen molar-refractivity contribution in [3.63, 3.8) is 0 Å². The van der Waals surface area contributed by atoms with Gasteiger partial charge in [-0.3, -0.25) is 0 Å². The van der Waals surface area contributed by atoms with Crippen molar-refractivity contribution in [2.45, 2.75) is 18.9 Å². The number of rotatable bonds is 4. The highest BCUT2D eigenvalue weighted by atomic mass is 35.5. The molecule has 2 N–H and O–H groups in total. The first-order chi connectivity index (χ1) is 6.24. The van der Waals surface area contributed by atoms with Crippen molar-refractivity contribution >= 4 is 11.6 Å². The highest BCUT2D eigenvalue weighted by Gasteiger charge is 2.28. The van der Waals surface area contributed by atoms with Gasteiger partial charge in [0.15, 0.2) is 6.07 Å². The third-order valence-electron chi connectivity index (χ3n) is 1.83. The number of β-amino-alcohol motifs (C(OH)–C–C–N with tert-alkyl or cyclic N) is 1. The largest absolute Gasteiger partial charge is 0.391 e. The number of hydrogen-bond donors (Lipinski definition) is 2. The third kappa shape index (κ3) is 3.33. The summed E-state index contributed by atoms with van der Waals surface area (Å²) in [5, 5.41) is 10.7. The second-order valence-electron chi connectivity index (χ2n) is 2.83. The average Bonchev–Trinajstić information content (AvgIpc) is 2.14. The van der Waals surface area contributed by atoms with Gasteiger partial charge >= 0.3 is 0 Å². The highest BCUT2D eigenvalue weighted by Crippen LogP contribution is 2.08. The number of nitrogens with one attached hydrogen (secondary N) is 1. The molecule has 0 bridgehead atoms. The van der Waals surface area contributed by atoms with Gasteiger partial charge in [-0.1, -0.05) is 11.6 Å². The van der Waals surface area contributed by atoms with Gasteiger partial charge in [0.2, 0.25) is 0 Å². The first-order valence-corrected chi connectivity index (χ1v) is 4.61. The van der Waals surface area contributed by atoms with E-state index in [9.17, 15) is 10.0 Å². The molecule has 7 heteroatoms. The van der Waals surface area contributed by atoms with Crippen molar-refractivity contribution < 1.29 is 14.9 Å². The second kappa shape index (κ2) is 5.21. The maximum Gasteiger partial charge on any atom is 0.274 e. The maximum atomic E-state index is 11.1. The molecular weight excluding hydrogens is 198 g/mol. The van der Waals surface area contributed by atoms with E-state index in [0.29, 0.717) is 18.1 Å². The number of alkyl halides is 1. The number of hydrogen-bond acceptors (Lipinski definition) is 3. The summed E-state index contributed by atoms with van der Waals surface area (Å²) in [6.07, 6.45) is 1.09. The van der Waals surface area contributed by atoms with Crippen LogP contribution in [-0.2, 0) is 4.84 Å². The standard InChI is InChI=1S/C6H13ClN3O3/c7-5-13-8-10(12)9-3-1-2-6(11)4-9/h6,11H,1-5H2,(H,8,12)/q+1. The van der Waals surface area contributed by atoms with Crippen LogP contribution < -0.4 is 5.59 Å². The van der Waals surface area contributed by atoms with E-state index in [1.54, 1.807) is 0 Å². The van der Waals surface area contributed by atoms with Crippen LogP contribution in [0.25, 0.3) is 0 Å². The van der Waals surface area contributed by atoms with Gasteiger partial charge in [0, 0.05) is 5.59 Å². The van der Waals surface area contributed by atoms with Gasteiger partial charge in [0.1, 0.15) is 6.54 Å². The summed E-state index contributed by atoms with van der Waals surface area (Å²) < 4.78 is 0. The van der Waals surface area contributed by atoms with Crippen LogP contribution in [0.1, 0.15) is 12.8 Å². The Balaban J connectivity index is 2.28. The van der Waals surface area contributed by atoms with Crippen LogP contribution in [0.2, 0.25) is 0 Å². The van der Waals surface area contributed by atoms with E-state index >= 15 is 0 Å². The molecular formula is C6H13ClN3O3+. The molecule has 0 amide bonds. The molecule has 1 heterocycles. The average molecular weight is 211 g/mol. The maximum absolute atomic E-state index is 11.1. The van der Waals surface area contributed by atoms with Crippen LogP contribution in [0.5, 0.6) is 0 Å². The molecule has 1 unspecified atom stereocenters. The van der Waals surface area contributed by atoms with Crippen molar-refractivity contribution in [2.75, 3.05) is 19.2 Å². The smallest absolute Gasteiger partial charge is 0.274 e. The van der Waals surface area contributed by atoms with Crippen molar-refractivity contribution in [2.24, 2.45) is 0 Å². The zero-order valence-corrected chi connectivity index (χ0v) is 7.90. The number of piperidine rings is 1. The minimum Gasteiger partial charge on any atom is -0.391 e. The van der Waals surface area contributed by atoms with E-state index in [1.165, 1.54) is 5.01 Å². The van der Waals surface area contributed by atoms with Crippen LogP contribution in [0.4, 0.5) is 0 Å². The molecule has 0 aromatic rings. The third-order valence-corrected chi connectivity index (χ3v) is 1.94. The lowest BCUT2D eigenvalue weighted by atomic mass is 10.1. The molecule has 0 aromatic heterocycles. The number of hydrazine groups is 2. The Labute approximate surface area is 80.9 Å². The molecule has 6 nitrogen and oxygen atoms in total. The van der Waals surface area contributed by atoms with Crippen molar-refractivity contribution in [1.29, 1.82) is 0 Å². The normalized spacial score (nSPS) is 22.9. The van der Waals surface area contributed by atoms with Crippen LogP contribution in [0, 0.1) is 4.91 Å². The second-order valence-corrected chi connectivity index (χ2v) is 3.04. The van der Waals surface area contributed by atoms with Gasteiger partial charge in [-0.2, -0.15) is 0 Å². The minimum atomic E-state index is -0.442. The zero-order valence-electron chi connectivity index (χ0n) is 7.15. The summed E-state index contributed by atoms with van der Waals surface area (Å²) >= 11 is 5.20. The quantitative estimate of drug-likeness (QED) is 0.381. The van der Waals surface area contributed by atoms with E-state index in [4.69, 9.17) is 11.6 Å². The summed E-state index contributed by atoms with van der Waals surface area (Å²) in [7, 11) is 0. The number of aliphatic hydroxyl groups excluding tert-OH is 1. The molecule has 76 valence electrons. The molecule has 0 aliphatic carbocycles. The molecule has 1 saturated heterocycles. The van der Waals surface area contributed by atoms with Crippen LogP contribution in [0.3, 0.4) is 0 Å². The first kappa shape index (κ1) is 10.5. The lowest BCUT2D eigenvalue weighted by Gasteiger charge is -2.22. The fraction of sp³-hybridized carbons (Fsp3) is 1.00. The Morgan fingerprint density at radius 2 is 2.54 bits per heavy atom. The number of halogens is 1. The van der Waals surface area contributed by atoms with E-state index < -0.39 is 6.10 Å². The highest BCUT2D eigenvalue weighted by molar-refractivity contribution is 6.17. The minimum absolute atomic E-state index is 0.102. The van der Waals surface area contributed by atoms with Crippen molar-refractivity contribution in [1.82, 2.24) is 10.6 Å². The molecule has 0 radical (unpaired) electrons. The van der Waals surface area contributed by atoms with E-state index in [0.717, 1.165) is 12.8 Å². The number of nitroso groups, excluding NO2 is 1. The lowest BCUT2D eigenvalue weighted by Crippen LogP contribution is -2.48. The molecule has 1 atom stereocenters. The van der Waals surface area contributed by atoms with Crippen LogP contribution in [-0.4, -0.2) is 40.4 Å². The Bertz CT molecular complexity index is 181. The van der Waals surface area contributed by atoms with Gasteiger partial charge in [-0.05, 0) is 12.8 Å². The summed E-state index contributed by atoms with van der Waals surface area (Å²) in [5.41, 5.74) is 2.08. The molecule has 1 aliphatic heterocycles. The summed E-state index contributed by atoms with van der Waals surface area (Å²) in [6, 6.07) is -0.102. The van der Waals surface area contributed by atoms with Gasteiger partial charge in [-0.15, -0.1) is 5.01 Å². The molecule has 1 fully saturated rings. The predicted molar refractivity (Wildman–Crippen MR) is 45.4 cm³/mol. The van der Waals surface area contributed by atoms with E-state index in [1.807, 2.05) is 0 Å². The Hall–Kier alpha value is -0.590. The fourth-order valence-corrected chi connectivity index (χ4v) is 1.29. The monoisotopic (exact) mass is 210 g/mol. The van der Waals surface area contributed by atoms with E-state index in [-0.39, 0.29) is 6.07 Å². The molecule has 0 spiro atoms. The predicted octanol–water partition coefficient (Wildman–Crippen LogP) is -0.231. The molecule has 0 aromatic carbocycles. The van der Waals surface area contributed by atoms with Crippen LogP contribution >= 0.6 is 11.6 Å². The van der Waals surface area contributed by atoms with Crippen molar-refractivity contribution in [3.05, 3.63) is 4.91 Å². The molecule has 0 saturated carbocycles.